The number of hydrogen-bond donors (Lipinski definition) is 2. The zero-order valence-corrected chi connectivity index (χ0v) is 12.4. The van der Waals surface area contributed by atoms with E-state index in [9.17, 15) is 4.79 Å². The summed E-state index contributed by atoms with van der Waals surface area (Å²) in [6.45, 7) is 7.99. The Hall–Kier alpha value is -2.29. The quantitative estimate of drug-likeness (QED) is 0.815. The van der Waals surface area contributed by atoms with Crippen LogP contribution in [0.25, 0.3) is 0 Å². The molecule has 104 valence electrons. The van der Waals surface area contributed by atoms with Crippen LogP contribution in [0.2, 0.25) is 0 Å². The molecule has 0 saturated heterocycles. The molecule has 0 fully saturated rings. The second kappa shape index (κ2) is 5.37. The van der Waals surface area contributed by atoms with Crippen LogP contribution >= 0.6 is 0 Å². The number of nitrogen functional groups attached to an aromatic ring is 1. The topological polar surface area (TPSA) is 55.1 Å². The first-order valence-corrected chi connectivity index (χ1v) is 6.64. The molecule has 3 heteroatoms. The molecule has 2 aromatic rings. The molecular formula is C17H20N2O. The van der Waals surface area contributed by atoms with E-state index in [0.29, 0.717) is 16.9 Å². The molecule has 3 nitrogen and oxygen atoms in total. The lowest BCUT2D eigenvalue weighted by Crippen LogP contribution is -2.15. The summed E-state index contributed by atoms with van der Waals surface area (Å²) in [5, 5.41) is 2.92. The number of aryl methyl sites for hydroxylation is 3. The van der Waals surface area contributed by atoms with Crippen molar-refractivity contribution in [1.29, 1.82) is 0 Å². The molecule has 0 radical (unpaired) electrons. The van der Waals surface area contributed by atoms with E-state index in [1.54, 1.807) is 0 Å². The predicted molar refractivity (Wildman–Crippen MR) is 84.2 cm³/mol. The van der Waals surface area contributed by atoms with Crippen LogP contribution in [-0.4, -0.2) is 5.91 Å². The zero-order valence-electron chi connectivity index (χ0n) is 12.4. The summed E-state index contributed by atoms with van der Waals surface area (Å²) in [5.41, 5.74) is 12.3. The summed E-state index contributed by atoms with van der Waals surface area (Å²) in [6.07, 6.45) is 0. The predicted octanol–water partition coefficient (Wildman–Crippen LogP) is 3.75. The van der Waals surface area contributed by atoms with Gasteiger partial charge in [-0.25, -0.2) is 0 Å². The van der Waals surface area contributed by atoms with E-state index in [0.717, 1.165) is 16.7 Å². The van der Waals surface area contributed by atoms with Gasteiger partial charge in [0.2, 0.25) is 0 Å². The van der Waals surface area contributed by atoms with Crippen molar-refractivity contribution in [1.82, 2.24) is 0 Å². The van der Waals surface area contributed by atoms with Gasteiger partial charge in [-0.05, 0) is 68.1 Å². The Bertz CT molecular complexity index is 675. The number of hydrogen-bond acceptors (Lipinski definition) is 2. The largest absolute Gasteiger partial charge is 0.397 e. The minimum Gasteiger partial charge on any atom is -0.397 e. The van der Waals surface area contributed by atoms with Crippen LogP contribution in [0, 0.1) is 27.7 Å². The van der Waals surface area contributed by atoms with Crippen molar-refractivity contribution in [2.45, 2.75) is 27.7 Å². The van der Waals surface area contributed by atoms with Crippen molar-refractivity contribution < 1.29 is 4.79 Å². The molecule has 0 aliphatic carbocycles. The number of amides is 1. The van der Waals surface area contributed by atoms with Gasteiger partial charge in [0.15, 0.2) is 0 Å². The van der Waals surface area contributed by atoms with Crippen molar-refractivity contribution in [3.05, 3.63) is 58.1 Å². The molecule has 20 heavy (non-hydrogen) atoms. The van der Waals surface area contributed by atoms with Crippen LogP contribution in [0.1, 0.15) is 32.6 Å². The molecule has 2 rings (SSSR count). The maximum Gasteiger partial charge on any atom is 0.255 e. The number of benzene rings is 2. The molecule has 0 aromatic heterocycles. The van der Waals surface area contributed by atoms with Gasteiger partial charge < -0.3 is 11.1 Å². The smallest absolute Gasteiger partial charge is 0.255 e. The fourth-order valence-corrected chi connectivity index (χ4v) is 2.07. The first-order valence-electron chi connectivity index (χ1n) is 6.64. The lowest BCUT2D eigenvalue weighted by atomic mass is 10.0. The fraction of sp³-hybridized carbons (Fsp3) is 0.235. The average molecular weight is 268 g/mol. The fourth-order valence-electron chi connectivity index (χ4n) is 2.07. The Kier molecular flexibility index (Phi) is 3.79. The summed E-state index contributed by atoms with van der Waals surface area (Å²) in [4.78, 5) is 12.3. The molecule has 1 amide bonds. The van der Waals surface area contributed by atoms with Crippen molar-refractivity contribution in [2.75, 3.05) is 11.1 Å². The highest BCUT2D eigenvalue weighted by Crippen LogP contribution is 2.26. The molecule has 0 unspecified atom stereocenters. The van der Waals surface area contributed by atoms with Crippen molar-refractivity contribution in [2.24, 2.45) is 0 Å². The van der Waals surface area contributed by atoms with Gasteiger partial charge in [0.25, 0.3) is 5.91 Å². The van der Waals surface area contributed by atoms with Gasteiger partial charge >= 0.3 is 0 Å². The van der Waals surface area contributed by atoms with E-state index in [4.69, 9.17) is 5.73 Å². The number of anilines is 2. The first kappa shape index (κ1) is 14.1. The molecule has 0 atom stereocenters. The molecule has 0 aliphatic rings. The third-order valence-corrected chi connectivity index (χ3v) is 3.78. The van der Waals surface area contributed by atoms with Crippen LogP contribution < -0.4 is 11.1 Å². The van der Waals surface area contributed by atoms with Gasteiger partial charge in [0.1, 0.15) is 0 Å². The Morgan fingerprint density at radius 3 is 2.25 bits per heavy atom. The number of rotatable bonds is 2. The van der Waals surface area contributed by atoms with Crippen molar-refractivity contribution in [3.8, 4) is 0 Å². The van der Waals surface area contributed by atoms with Crippen LogP contribution in [-0.2, 0) is 0 Å². The maximum absolute atomic E-state index is 12.3. The van der Waals surface area contributed by atoms with Crippen LogP contribution in [0.15, 0.2) is 30.3 Å². The van der Waals surface area contributed by atoms with Crippen molar-refractivity contribution >= 4 is 17.3 Å². The monoisotopic (exact) mass is 268 g/mol. The van der Waals surface area contributed by atoms with E-state index in [1.165, 1.54) is 5.56 Å². The van der Waals surface area contributed by atoms with E-state index < -0.39 is 0 Å². The molecular weight excluding hydrogens is 248 g/mol. The van der Waals surface area contributed by atoms with Gasteiger partial charge in [0, 0.05) is 5.56 Å². The lowest BCUT2D eigenvalue weighted by Gasteiger charge is -2.14. The highest BCUT2D eigenvalue weighted by Gasteiger charge is 2.12. The highest BCUT2D eigenvalue weighted by atomic mass is 16.1. The van der Waals surface area contributed by atoms with Crippen LogP contribution in [0.5, 0.6) is 0 Å². The van der Waals surface area contributed by atoms with E-state index in [1.807, 2.05) is 58.0 Å². The Balaban J connectivity index is 2.32. The number of carbonyl (C=O) groups is 1. The second-order valence-corrected chi connectivity index (χ2v) is 5.22. The Morgan fingerprint density at radius 2 is 1.60 bits per heavy atom. The zero-order chi connectivity index (χ0) is 14.9. The molecule has 0 saturated carbocycles. The second-order valence-electron chi connectivity index (χ2n) is 5.22. The van der Waals surface area contributed by atoms with Gasteiger partial charge in [-0.3, -0.25) is 4.79 Å². The van der Waals surface area contributed by atoms with E-state index in [2.05, 4.69) is 5.32 Å². The Labute approximate surface area is 119 Å². The number of nitrogens with two attached hydrogens (primary N) is 1. The van der Waals surface area contributed by atoms with Crippen molar-refractivity contribution in [3.63, 3.8) is 0 Å². The van der Waals surface area contributed by atoms with Gasteiger partial charge in [-0.15, -0.1) is 0 Å². The summed E-state index contributed by atoms with van der Waals surface area (Å²) >= 11 is 0. The standard InChI is InChI=1S/C17H20N2O/c1-10-5-7-14(9-12(10)3)17(20)19-16-13(4)11(2)6-8-15(16)18/h5-9H,18H2,1-4H3,(H,19,20). The van der Waals surface area contributed by atoms with E-state index >= 15 is 0 Å². The first-order chi connectivity index (χ1) is 9.40. The number of nitrogens with one attached hydrogen (secondary N) is 1. The lowest BCUT2D eigenvalue weighted by molar-refractivity contribution is 0.102. The number of carbonyl (C=O) groups excluding carboxylic acids is 1. The third kappa shape index (κ3) is 2.67. The third-order valence-electron chi connectivity index (χ3n) is 3.78. The summed E-state index contributed by atoms with van der Waals surface area (Å²) < 4.78 is 0. The summed E-state index contributed by atoms with van der Waals surface area (Å²) in [7, 11) is 0. The molecule has 0 aliphatic heterocycles. The van der Waals surface area contributed by atoms with Gasteiger partial charge in [-0.1, -0.05) is 12.1 Å². The van der Waals surface area contributed by atoms with Crippen LogP contribution in [0.3, 0.4) is 0 Å². The van der Waals surface area contributed by atoms with Gasteiger partial charge in [-0.2, -0.15) is 0 Å². The SMILES string of the molecule is Cc1ccc(C(=O)Nc2c(N)ccc(C)c2C)cc1C. The summed E-state index contributed by atoms with van der Waals surface area (Å²) in [6, 6.07) is 9.45. The normalized spacial score (nSPS) is 10.4. The van der Waals surface area contributed by atoms with Crippen LogP contribution in [0.4, 0.5) is 11.4 Å². The van der Waals surface area contributed by atoms with Gasteiger partial charge in [0.05, 0.1) is 11.4 Å². The molecule has 2 aromatic carbocycles. The Morgan fingerprint density at radius 1 is 0.950 bits per heavy atom. The summed E-state index contributed by atoms with van der Waals surface area (Å²) in [5.74, 6) is -0.131. The highest BCUT2D eigenvalue weighted by molar-refractivity contribution is 6.06. The molecule has 0 bridgehead atoms. The average Bonchev–Trinajstić information content (AvgIpc) is 2.42. The molecule has 0 spiro atoms. The maximum atomic E-state index is 12.3. The van der Waals surface area contributed by atoms with E-state index in [-0.39, 0.29) is 5.91 Å². The minimum atomic E-state index is -0.131. The molecule has 3 N–H and O–H groups in total. The molecule has 0 heterocycles. The minimum absolute atomic E-state index is 0.131.